The van der Waals surface area contributed by atoms with Gasteiger partial charge in [0.05, 0.1) is 11.4 Å². The number of piperazine rings is 1. The van der Waals surface area contributed by atoms with E-state index in [2.05, 4.69) is 0 Å². The van der Waals surface area contributed by atoms with Gasteiger partial charge in [0, 0.05) is 24.5 Å². The minimum atomic E-state index is -0.548. The summed E-state index contributed by atoms with van der Waals surface area (Å²) in [5.74, 6) is -0.253. The van der Waals surface area contributed by atoms with Gasteiger partial charge in [0.15, 0.2) is 0 Å². The van der Waals surface area contributed by atoms with Gasteiger partial charge in [0.1, 0.15) is 6.04 Å². The first-order chi connectivity index (χ1) is 12.1. The molecule has 8 heteroatoms. The number of thiophene rings is 2. The Morgan fingerprint density at radius 2 is 1.92 bits per heavy atom. The van der Waals surface area contributed by atoms with Gasteiger partial charge in [0.2, 0.25) is 0 Å². The van der Waals surface area contributed by atoms with Gasteiger partial charge in [-0.3, -0.25) is 14.5 Å². The fourth-order valence-electron chi connectivity index (χ4n) is 3.28. The van der Waals surface area contributed by atoms with Crippen LogP contribution in [0.15, 0.2) is 35.0 Å². The summed E-state index contributed by atoms with van der Waals surface area (Å²) < 4.78 is 0. The van der Waals surface area contributed by atoms with Gasteiger partial charge >= 0.3 is 6.03 Å². The molecule has 2 aromatic rings. The third-order valence-corrected chi connectivity index (χ3v) is 6.38. The zero-order valence-electron chi connectivity index (χ0n) is 13.5. The van der Waals surface area contributed by atoms with Crippen LogP contribution in [0, 0.1) is 0 Å². The number of rotatable bonds is 4. The van der Waals surface area contributed by atoms with Crippen molar-refractivity contribution in [2.24, 2.45) is 0 Å². The van der Waals surface area contributed by atoms with Crippen LogP contribution < -0.4 is 0 Å². The van der Waals surface area contributed by atoms with Crippen molar-refractivity contribution in [2.75, 3.05) is 26.2 Å². The van der Waals surface area contributed by atoms with Crippen LogP contribution in [-0.4, -0.2) is 64.8 Å². The molecule has 0 saturated carbocycles. The van der Waals surface area contributed by atoms with Crippen molar-refractivity contribution < 1.29 is 14.4 Å². The van der Waals surface area contributed by atoms with Gasteiger partial charge in [0.25, 0.3) is 11.8 Å². The molecule has 4 heterocycles. The number of carbonyl (C=O) groups excluding carboxylic acids is 3. The van der Waals surface area contributed by atoms with Gasteiger partial charge in [-0.15, -0.1) is 22.7 Å². The Morgan fingerprint density at radius 3 is 2.64 bits per heavy atom. The van der Waals surface area contributed by atoms with E-state index in [1.165, 1.54) is 16.2 Å². The lowest BCUT2D eigenvalue weighted by Crippen LogP contribution is -2.54. The van der Waals surface area contributed by atoms with Crippen molar-refractivity contribution in [1.82, 2.24) is 14.7 Å². The van der Waals surface area contributed by atoms with E-state index >= 15 is 0 Å². The van der Waals surface area contributed by atoms with E-state index in [0.717, 1.165) is 4.88 Å². The Morgan fingerprint density at radius 1 is 1.12 bits per heavy atom. The molecule has 1 unspecified atom stereocenters. The Balaban J connectivity index is 1.44. The summed E-state index contributed by atoms with van der Waals surface area (Å²) in [5, 5.41) is 3.85. The van der Waals surface area contributed by atoms with Gasteiger partial charge in [-0.05, 0) is 29.3 Å². The van der Waals surface area contributed by atoms with Crippen LogP contribution >= 0.6 is 22.7 Å². The van der Waals surface area contributed by atoms with E-state index in [4.69, 9.17) is 0 Å². The summed E-state index contributed by atoms with van der Waals surface area (Å²) in [4.78, 5) is 44.2. The normalized spacial score (nSPS) is 20.3. The summed E-state index contributed by atoms with van der Waals surface area (Å²) >= 11 is 3.01. The molecule has 2 saturated heterocycles. The van der Waals surface area contributed by atoms with Gasteiger partial charge < -0.3 is 9.80 Å². The van der Waals surface area contributed by atoms with E-state index in [1.807, 2.05) is 29.0 Å². The first-order valence-corrected chi connectivity index (χ1v) is 9.88. The van der Waals surface area contributed by atoms with Gasteiger partial charge in [-0.25, -0.2) is 4.79 Å². The SMILES string of the molecule is O=C(c1cccs1)N1CCN2C(=O)N(CCc3cccs3)C(=O)C2C1. The molecule has 0 aromatic carbocycles. The molecule has 0 spiro atoms. The van der Waals surface area contributed by atoms with Crippen LogP contribution in [-0.2, 0) is 11.2 Å². The van der Waals surface area contributed by atoms with E-state index in [0.29, 0.717) is 30.9 Å². The van der Waals surface area contributed by atoms with E-state index in [1.54, 1.807) is 27.2 Å². The highest BCUT2D eigenvalue weighted by molar-refractivity contribution is 7.12. The average Bonchev–Trinajstić information content (AvgIpc) is 3.36. The number of hydrogen-bond acceptors (Lipinski definition) is 5. The fourth-order valence-corrected chi connectivity index (χ4v) is 4.66. The number of carbonyl (C=O) groups is 3. The highest BCUT2D eigenvalue weighted by Crippen LogP contribution is 2.24. The largest absolute Gasteiger partial charge is 0.334 e. The summed E-state index contributed by atoms with van der Waals surface area (Å²) in [6.45, 7) is 1.54. The third-order valence-electron chi connectivity index (χ3n) is 4.59. The maximum Gasteiger partial charge on any atom is 0.327 e. The lowest BCUT2D eigenvalue weighted by molar-refractivity contribution is -0.129. The molecule has 0 N–H and O–H groups in total. The molecule has 2 fully saturated rings. The Labute approximate surface area is 153 Å². The predicted octanol–water partition coefficient (Wildman–Crippen LogP) is 2.14. The van der Waals surface area contributed by atoms with Crippen molar-refractivity contribution in [2.45, 2.75) is 12.5 Å². The van der Waals surface area contributed by atoms with E-state index in [-0.39, 0.29) is 24.4 Å². The smallest absolute Gasteiger partial charge is 0.327 e. The molecule has 2 aliphatic rings. The molecular weight excluding hydrogens is 358 g/mol. The summed E-state index contributed by atoms with van der Waals surface area (Å²) in [6, 6.07) is 6.82. The minimum Gasteiger partial charge on any atom is -0.334 e. The highest BCUT2D eigenvalue weighted by Gasteiger charge is 2.48. The minimum absolute atomic E-state index is 0.0630. The second-order valence-electron chi connectivity index (χ2n) is 6.04. The van der Waals surface area contributed by atoms with Crippen molar-refractivity contribution in [1.29, 1.82) is 0 Å². The lowest BCUT2D eigenvalue weighted by atomic mass is 10.1. The van der Waals surface area contributed by atoms with Gasteiger partial charge in [-0.1, -0.05) is 12.1 Å². The van der Waals surface area contributed by atoms with Crippen molar-refractivity contribution in [3.05, 3.63) is 44.8 Å². The molecule has 1 atom stereocenters. The second-order valence-corrected chi connectivity index (χ2v) is 8.02. The van der Waals surface area contributed by atoms with E-state index < -0.39 is 6.04 Å². The second kappa shape index (κ2) is 6.61. The monoisotopic (exact) mass is 375 g/mol. The molecule has 4 rings (SSSR count). The first-order valence-electron chi connectivity index (χ1n) is 8.12. The number of amides is 4. The standard InChI is InChI=1S/C17H17N3O3S2/c21-15-13-11-18(16(22)14-4-2-10-25-14)7-8-19(13)17(23)20(15)6-5-12-3-1-9-24-12/h1-4,9-10,13H,5-8,11H2. The quantitative estimate of drug-likeness (QED) is 0.770. The van der Waals surface area contributed by atoms with Crippen molar-refractivity contribution in [3.63, 3.8) is 0 Å². The van der Waals surface area contributed by atoms with E-state index in [9.17, 15) is 14.4 Å². The first kappa shape index (κ1) is 16.3. The van der Waals surface area contributed by atoms with Gasteiger partial charge in [-0.2, -0.15) is 0 Å². The number of fused-ring (bicyclic) bond motifs is 1. The van der Waals surface area contributed by atoms with Crippen LogP contribution in [0.5, 0.6) is 0 Å². The number of nitrogens with zero attached hydrogens (tertiary/aromatic N) is 3. The molecule has 25 heavy (non-hydrogen) atoms. The molecule has 2 aromatic heterocycles. The van der Waals surface area contributed by atoms with Crippen LogP contribution in [0.2, 0.25) is 0 Å². The lowest BCUT2D eigenvalue weighted by Gasteiger charge is -2.35. The highest BCUT2D eigenvalue weighted by atomic mass is 32.1. The summed E-state index contributed by atoms with van der Waals surface area (Å²) in [5.41, 5.74) is 0. The molecule has 0 aliphatic carbocycles. The zero-order chi connectivity index (χ0) is 17.4. The average molecular weight is 375 g/mol. The molecular formula is C17H17N3O3S2. The Hall–Kier alpha value is -2.19. The number of hydrogen-bond donors (Lipinski definition) is 0. The van der Waals surface area contributed by atoms with Crippen molar-refractivity contribution >= 4 is 40.5 Å². The maximum atomic E-state index is 12.7. The fraction of sp³-hybridized carbons (Fsp3) is 0.353. The zero-order valence-corrected chi connectivity index (χ0v) is 15.1. The summed E-state index contributed by atoms with van der Waals surface area (Å²) in [7, 11) is 0. The molecule has 6 nitrogen and oxygen atoms in total. The van der Waals surface area contributed by atoms with Crippen LogP contribution in [0.4, 0.5) is 4.79 Å². The topological polar surface area (TPSA) is 60.9 Å². The maximum absolute atomic E-state index is 12.7. The molecule has 0 bridgehead atoms. The van der Waals surface area contributed by atoms with Crippen LogP contribution in [0.25, 0.3) is 0 Å². The summed E-state index contributed by atoms with van der Waals surface area (Å²) in [6.07, 6.45) is 0.674. The molecule has 130 valence electrons. The predicted molar refractivity (Wildman–Crippen MR) is 95.8 cm³/mol. The Kier molecular flexibility index (Phi) is 4.30. The molecule has 2 aliphatic heterocycles. The van der Waals surface area contributed by atoms with Crippen molar-refractivity contribution in [3.8, 4) is 0 Å². The number of urea groups is 1. The Bertz CT molecular complexity index is 788. The third kappa shape index (κ3) is 2.96. The molecule has 0 radical (unpaired) electrons. The van der Waals surface area contributed by atoms with Crippen LogP contribution in [0.3, 0.4) is 0 Å². The number of imide groups is 1. The van der Waals surface area contributed by atoms with Crippen LogP contribution in [0.1, 0.15) is 14.5 Å². The molecule has 4 amide bonds.